The summed E-state index contributed by atoms with van der Waals surface area (Å²) in [4.78, 5) is 56.9. The fraction of sp³-hybridized carbons (Fsp3) is 0.630. The minimum Gasteiger partial charge on any atom is -0.462 e. The van der Waals surface area contributed by atoms with Crippen molar-refractivity contribution < 1.29 is 24.0 Å². The van der Waals surface area contributed by atoms with Crippen molar-refractivity contribution in [3.05, 3.63) is 39.9 Å². The Kier molecular flexibility index (Phi) is 9.77. The number of carbonyl (C=O) groups is 3. The molecule has 1 aliphatic carbocycles. The summed E-state index contributed by atoms with van der Waals surface area (Å²) >= 11 is 0. The monoisotopic (exact) mass is 514 g/mol. The predicted octanol–water partition coefficient (Wildman–Crippen LogP) is 4.92. The topological polar surface area (TPSA) is 122 Å². The molecule has 37 heavy (non-hydrogen) atoms. The van der Waals surface area contributed by atoms with Crippen LogP contribution in [-0.2, 0) is 14.3 Å². The number of ether oxygens (including phenoxy) is 1. The molecule has 1 heterocycles. The number of benzene rings is 1. The number of rotatable bonds is 11. The molecule has 0 saturated heterocycles. The average molecular weight is 515 g/mol. The van der Waals surface area contributed by atoms with Gasteiger partial charge in [-0.05, 0) is 45.1 Å². The molecule has 0 N–H and O–H groups in total. The lowest BCUT2D eigenvalue weighted by Crippen LogP contribution is -2.48. The highest BCUT2D eigenvalue weighted by molar-refractivity contribution is 6.08. The van der Waals surface area contributed by atoms with E-state index in [1.54, 1.807) is 44.9 Å². The number of amides is 3. The van der Waals surface area contributed by atoms with Crippen LogP contribution in [0.25, 0.3) is 0 Å². The number of nitro benzene ring substituents is 1. The maximum atomic E-state index is 13.1. The quantitative estimate of drug-likeness (QED) is 0.235. The highest BCUT2D eigenvalue weighted by atomic mass is 16.6. The van der Waals surface area contributed by atoms with Gasteiger partial charge in [-0.15, -0.1) is 0 Å². The van der Waals surface area contributed by atoms with Crippen molar-refractivity contribution in [1.29, 1.82) is 0 Å². The molecule has 0 bridgehead atoms. The van der Waals surface area contributed by atoms with Gasteiger partial charge in [0.05, 0.1) is 17.1 Å². The highest BCUT2D eigenvalue weighted by Crippen LogP contribution is 2.36. The van der Waals surface area contributed by atoms with Crippen molar-refractivity contribution >= 4 is 29.3 Å². The minimum atomic E-state index is -0.895. The smallest absolute Gasteiger partial charge is 0.344 e. The van der Waals surface area contributed by atoms with E-state index >= 15 is 0 Å². The molecular formula is C27H38N4O6. The van der Waals surface area contributed by atoms with Gasteiger partial charge in [-0.2, -0.15) is 0 Å². The van der Waals surface area contributed by atoms with E-state index in [0.717, 1.165) is 6.42 Å². The van der Waals surface area contributed by atoms with Gasteiger partial charge in [0.1, 0.15) is 5.92 Å². The minimum absolute atomic E-state index is 0.0827. The number of carbonyl (C=O) groups excluding carboxylic acids is 3. The molecule has 202 valence electrons. The molecule has 1 aromatic rings. The van der Waals surface area contributed by atoms with Crippen molar-refractivity contribution in [2.24, 2.45) is 16.8 Å². The molecule has 2 aliphatic rings. The van der Waals surface area contributed by atoms with Crippen LogP contribution in [0.4, 0.5) is 10.5 Å². The molecule has 2 atom stereocenters. The van der Waals surface area contributed by atoms with E-state index in [-0.39, 0.29) is 24.2 Å². The van der Waals surface area contributed by atoms with E-state index in [4.69, 9.17) is 4.74 Å². The normalized spacial score (nSPS) is 20.2. The molecule has 10 heteroatoms. The molecule has 3 rings (SSSR count). The zero-order valence-electron chi connectivity index (χ0n) is 22.2. The summed E-state index contributed by atoms with van der Waals surface area (Å²) in [6.45, 7) is 5.74. The van der Waals surface area contributed by atoms with Crippen LogP contribution in [0.1, 0.15) is 77.3 Å². The Hall–Kier alpha value is -3.30. The van der Waals surface area contributed by atoms with Gasteiger partial charge in [0.15, 0.2) is 0 Å². The van der Waals surface area contributed by atoms with Crippen molar-refractivity contribution in [2.75, 3.05) is 20.1 Å². The summed E-state index contributed by atoms with van der Waals surface area (Å²) in [5, 5.41) is 11.4. The van der Waals surface area contributed by atoms with E-state index in [9.17, 15) is 24.5 Å². The second kappa shape index (κ2) is 12.8. The summed E-state index contributed by atoms with van der Waals surface area (Å²) in [6, 6.07) is 4.64. The number of esters is 1. The lowest BCUT2D eigenvalue weighted by atomic mass is 9.86. The van der Waals surface area contributed by atoms with Crippen molar-refractivity contribution in [1.82, 2.24) is 9.80 Å². The average Bonchev–Trinajstić information content (AvgIpc) is 3.36. The van der Waals surface area contributed by atoms with Gasteiger partial charge in [-0.3, -0.25) is 19.7 Å². The lowest BCUT2D eigenvalue weighted by Gasteiger charge is -2.39. The second-order valence-corrected chi connectivity index (χ2v) is 10.3. The number of non-ortho nitro benzene ring substituents is 1. The van der Waals surface area contributed by atoms with Crippen LogP contribution in [-0.4, -0.2) is 64.6 Å². The lowest BCUT2D eigenvalue weighted by molar-refractivity contribution is -0.385. The second-order valence-electron chi connectivity index (χ2n) is 10.3. The van der Waals surface area contributed by atoms with E-state index in [1.807, 2.05) is 0 Å². The number of hydrogen-bond acceptors (Lipinski definition) is 6. The van der Waals surface area contributed by atoms with Gasteiger partial charge in [-0.1, -0.05) is 37.8 Å². The zero-order chi connectivity index (χ0) is 27.1. The number of urea groups is 1. The summed E-state index contributed by atoms with van der Waals surface area (Å²) in [7, 11) is 1.76. The van der Waals surface area contributed by atoms with Gasteiger partial charge in [0, 0.05) is 44.4 Å². The largest absolute Gasteiger partial charge is 0.462 e. The summed E-state index contributed by atoms with van der Waals surface area (Å²) < 4.78 is 5.47. The maximum Gasteiger partial charge on any atom is 0.344 e. The first kappa shape index (κ1) is 28.3. The third-order valence-electron chi connectivity index (χ3n) is 7.21. The Bertz CT molecular complexity index is 1030. The van der Waals surface area contributed by atoms with Crippen molar-refractivity contribution in [3.63, 3.8) is 0 Å². The molecule has 1 aliphatic heterocycles. The maximum absolute atomic E-state index is 13.1. The van der Waals surface area contributed by atoms with Gasteiger partial charge in [0.2, 0.25) is 5.91 Å². The fourth-order valence-electron chi connectivity index (χ4n) is 5.27. The SMILES string of the molecule is CC1=NC(=O)N(CCCN(C)C(=O)CCC2CCCC2)C(c2cccc([N+](=O)[O-])c2)C1C(=O)OC(C)C. The molecular weight excluding hydrogens is 476 g/mol. The molecule has 0 radical (unpaired) electrons. The highest BCUT2D eigenvalue weighted by Gasteiger charge is 2.43. The van der Waals surface area contributed by atoms with Crippen LogP contribution in [0.15, 0.2) is 29.3 Å². The first-order chi connectivity index (χ1) is 17.6. The standard InChI is InChI=1S/C27H38N4O6/c1-18(2)37-26(33)24-19(3)28-27(34)30(25(24)21-11-7-12-22(17-21)31(35)36)16-8-15-29(4)23(32)14-13-20-9-5-6-10-20/h7,11-12,17-18,20,24-25H,5-6,8-10,13-16H2,1-4H3. The van der Waals surface area contributed by atoms with E-state index in [1.165, 1.54) is 42.7 Å². The van der Waals surface area contributed by atoms with E-state index < -0.39 is 28.9 Å². The summed E-state index contributed by atoms with van der Waals surface area (Å²) in [5.41, 5.74) is 0.639. The first-order valence-corrected chi connectivity index (χ1v) is 13.1. The Balaban J connectivity index is 1.76. The Morgan fingerprint density at radius 3 is 2.62 bits per heavy atom. The molecule has 1 fully saturated rings. The van der Waals surface area contributed by atoms with E-state index in [2.05, 4.69) is 4.99 Å². The van der Waals surface area contributed by atoms with Crippen molar-refractivity contribution in [3.8, 4) is 0 Å². The van der Waals surface area contributed by atoms with Crippen LogP contribution in [0, 0.1) is 22.0 Å². The summed E-state index contributed by atoms with van der Waals surface area (Å²) in [6.07, 6.45) is 6.43. The molecule has 10 nitrogen and oxygen atoms in total. The van der Waals surface area contributed by atoms with Crippen molar-refractivity contribution in [2.45, 2.75) is 77.9 Å². The van der Waals surface area contributed by atoms with Gasteiger partial charge >= 0.3 is 12.0 Å². The van der Waals surface area contributed by atoms with Gasteiger partial charge in [0.25, 0.3) is 5.69 Å². The molecule has 1 aromatic carbocycles. The Morgan fingerprint density at radius 1 is 1.27 bits per heavy atom. The Labute approximate surface area is 218 Å². The Morgan fingerprint density at radius 2 is 1.97 bits per heavy atom. The molecule has 3 amide bonds. The summed E-state index contributed by atoms with van der Waals surface area (Å²) in [5.74, 6) is -0.709. The third-order valence-corrected chi connectivity index (χ3v) is 7.21. The number of nitro groups is 1. The van der Waals surface area contributed by atoms with Crippen LogP contribution < -0.4 is 0 Å². The molecule has 2 unspecified atom stereocenters. The molecule has 1 saturated carbocycles. The third kappa shape index (κ3) is 7.36. The van der Waals surface area contributed by atoms with E-state index in [0.29, 0.717) is 36.6 Å². The van der Waals surface area contributed by atoms with Crippen LogP contribution >= 0.6 is 0 Å². The number of nitrogens with zero attached hydrogens (tertiary/aromatic N) is 4. The molecule has 0 spiro atoms. The predicted molar refractivity (Wildman–Crippen MR) is 139 cm³/mol. The van der Waals surface area contributed by atoms with Gasteiger partial charge in [-0.25, -0.2) is 9.79 Å². The number of hydrogen-bond donors (Lipinski definition) is 0. The zero-order valence-corrected chi connectivity index (χ0v) is 22.2. The molecule has 0 aromatic heterocycles. The first-order valence-electron chi connectivity index (χ1n) is 13.1. The fourth-order valence-corrected chi connectivity index (χ4v) is 5.27. The number of aliphatic imine (C=N–C) groups is 1. The van der Waals surface area contributed by atoms with Crippen LogP contribution in [0.3, 0.4) is 0 Å². The van der Waals surface area contributed by atoms with Crippen LogP contribution in [0.5, 0.6) is 0 Å². The van der Waals surface area contributed by atoms with Crippen LogP contribution in [0.2, 0.25) is 0 Å². The van der Waals surface area contributed by atoms with Gasteiger partial charge < -0.3 is 14.5 Å².